The number of nitrogen functional groups attached to an aromatic ring is 1. The van der Waals surface area contributed by atoms with Gasteiger partial charge in [0.25, 0.3) is 0 Å². The van der Waals surface area contributed by atoms with E-state index in [0.29, 0.717) is 0 Å². The third-order valence-corrected chi connectivity index (χ3v) is 3.83. The number of rotatable bonds is 2. The van der Waals surface area contributed by atoms with Gasteiger partial charge in [0.05, 0.1) is 11.0 Å². The first-order valence-corrected chi connectivity index (χ1v) is 7.01. The molecule has 0 saturated heterocycles. The number of nitrogens with two attached hydrogens (primary N) is 1. The van der Waals surface area contributed by atoms with E-state index in [1.807, 2.05) is 43.3 Å². The largest absolute Gasteiger partial charge is 0.398 e. The molecule has 0 bridgehead atoms. The molecule has 0 unspecified atom stereocenters. The lowest BCUT2D eigenvalue weighted by Crippen LogP contribution is -2.01. The van der Waals surface area contributed by atoms with Crippen LogP contribution in [-0.4, -0.2) is 9.55 Å². The molecule has 0 radical (unpaired) electrons. The zero-order valence-electron chi connectivity index (χ0n) is 11.5. The zero-order chi connectivity index (χ0) is 14.3. The van der Waals surface area contributed by atoms with Crippen molar-refractivity contribution in [2.45, 2.75) is 20.4 Å². The summed E-state index contributed by atoms with van der Waals surface area (Å²) in [5.74, 6) is 0.894. The number of benzene rings is 2. The number of halogens is 1. The summed E-state index contributed by atoms with van der Waals surface area (Å²) in [6.45, 7) is 4.92. The Balaban J connectivity index is 2.33. The maximum Gasteiger partial charge on any atom is 0.143 e. The summed E-state index contributed by atoms with van der Waals surface area (Å²) in [5.41, 5.74) is 11.0. The standard InChI is InChI=1S/C16H16ClN3/c1-3-20-14-9-11(17)7-8-13(14)19-16(20)12-6-4-5-10(2)15(12)18/h4-9H,3,18H2,1-2H3. The monoisotopic (exact) mass is 285 g/mol. The molecule has 20 heavy (non-hydrogen) atoms. The van der Waals surface area contributed by atoms with E-state index < -0.39 is 0 Å². The fourth-order valence-corrected chi connectivity index (χ4v) is 2.66. The summed E-state index contributed by atoms with van der Waals surface area (Å²) >= 11 is 6.09. The fourth-order valence-electron chi connectivity index (χ4n) is 2.50. The second-order valence-electron chi connectivity index (χ2n) is 4.85. The predicted molar refractivity (Wildman–Crippen MR) is 85.0 cm³/mol. The third-order valence-electron chi connectivity index (χ3n) is 3.59. The second-order valence-corrected chi connectivity index (χ2v) is 5.29. The molecule has 0 aliphatic rings. The van der Waals surface area contributed by atoms with Crippen LogP contribution in [0.25, 0.3) is 22.4 Å². The van der Waals surface area contributed by atoms with Crippen molar-refractivity contribution in [2.75, 3.05) is 5.73 Å². The van der Waals surface area contributed by atoms with Gasteiger partial charge in [-0.2, -0.15) is 0 Å². The van der Waals surface area contributed by atoms with E-state index in [-0.39, 0.29) is 0 Å². The Morgan fingerprint density at radius 3 is 2.80 bits per heavy atom. The maximum absolute atomic E-state index is 6.21. The summed E-state index contributed by atoms with van der Waals surface area (Å²) in [6.07, 6.45) is 0. The van der Waals surface area contributed by atoms with Gasteiger partial charge in [-0.15, -0.1) is 0 Å². The topological polar surface area (TPSA) is 43.8 Å². The minimum Gasteiger partial charge on any atom is -0.398 e. The van der Waals surface area contributed by atoms with Gasteiger partial charge in [0, 0.05) is 22.8 Å². The first kappa shape index (κ1) is 13.0. The van der Waals surface area contributed by atoms with Crippen LogP contribution in [0.15, 0.2) is 36.4 Å². The van der Waals surface area contributed by atoms with Gasteiger partial charge in [0.1, 0.15) is 5.82 Å². The Morgan fingerprint density at radius 1 is 1.25 bits per heavy atom. The molecule has 0 atom stereocenters. The smallest absolute Gasteiger partial charge is 0.143 e. The lowest BCUT2D eigenvalue weighted by molar-refractivity contribution is 0.796. The summed E-state index contributed by atoms with van der Waals surface area (Å²) in [5, 5.41) is 0.718. The number of fused-ring (bicyclic) bond motifs is 1. The normalized spacial score (nSPS) is 11.2. The van der Waals surface area contributed by atoms with E-state index in [4.69, 9.17) is 22.3 Å². The molecule has 2 aromatic carbocycles. The van der Waals surface area contributed by atoms with Crippen LogP contribution in [-0.2, 0) is 6.54 Å². The molecular weight excluding hydrogens is 270 g/mol. The van der Waals surface area contributed by atoms with Crippen molar-refractivity contribution in [3.8, 4) is 11.4 Å². The van der Waals surface area contributed by atoms with Gasteiger partial charge < -0.3 is 10.3 Å². The number of hydrogen-bond acceptors (Lipinski definition) is 2. The average molecular weight is 286 g/mol. The number of aryl methyl sites for hydroxylation is 2. The van der Waals surface area contributed by atoms with E-state index in [2.05, 4.69) is 11.5 Å². The van der Waals surface area contributed by atoms with Gasteiger partial charge in [-0.1, -0.05) is 23.7 Å². The molecule has 3 rings (SSSR count). The molecule has 3 aromatic rings. The van der Waals surface area contributed by atoms with E-state index in [1.54, 1.807) is 0 Å². The van der Waals surface area contributed by atoms with Crippen molar-refractivity contribution in [1.82, 2.24) is 9.55 Å². The van der Waals surface area contributed by atoms with Crippen molar-refractivity contribution in [1.29, 1.82) is 0 Å². The number of imidazole rings is 1. The average Bonchev–Trinajstić information content (AvgIpc) is 2.79. The molecule has 4 heteroatoms. The van der Waals surface area contributed by atoms with Gasteiger partial charge in [0.2, 0.25) is 0 Å². The molecule has 0 aliphatic carbocycles. The van der Waals surface area contributed by atoms with E-state index in [0.717, 1.165) is 45.2 Å². The highest BCUT2D eigenvalue weighted by Crippen LogP contribution is 2.31. The maximum atomic E-state index is 6.21. The molecule has 2 N–H and O–H groups in total. The van der Waals surface area contributed by atoms with Gasteiger partial charge >= 0.3 is 0 Å². The first-order valence-electron chi connectivity index (χ1n) is 6.63. The van der Waals surface area contributed by atoms with Crippen LogP contribution < -0.4 is 5.73 Å². The Kier molecular flexibility index (Phi) is 3.14. The first-order chi connectivity index (χ1) is 9.61. The summed E-state index contributed by atoms with van der Waals surface area (Å²) in [4.78, 5) is 4.72. The van der Waals surface area contributed by atoms with Crippen molar-refractivity contribution in [2.24, 2.45) is 0 Å². The van der Waals surface area contributed by atoms with Gasteiger partial charge in [0.15, 0.2) is 0 Å². The van der Waals surface area contributed by atoms with Crippen LogP contribution >= 0.6 is 11.6 Å². The molecule has 102 valence electrons. The van der Waals surface area contributed by atoms with Crippen molar-refractivity contribution in [3.05, 3.63) is 47.0 Å². The van der Waals surface area contributed by atoms with Crippen LogP contribution in [0, 0.1) is 6.92 Å². The van der Waals surface area contributed by atoms with Gasteiger partial charge in [-0.3, -0.25) is 0 Å². The molecule has 0 spiro atoms. The van der Waals surface area contributed by atoms with E-state index >= 15 is 0 Å². The third kappa shape index (κ3) is 1.95. The Morgan fingerprint density at radius 2 is 2.05 bits per heavy atom. The highest BCUT2D eigenvalue weighted by Gasteiger charge is 2.14. The van der Waals surface area contributed by atoms with E-state index in [1.165, 1.54) is 0 Å². The SMILES string of the molecule is CCn1c(-c2cccc(C)c2N)nc2ccc(Cl)cc21. The van der Waals surface area contributed by atoms with Crippen molar-refractivity contribution >= 4 is 28.3 Å². The molecule has 0 aliphatic heterocycles. The molecule has 3 nitrogen and oxygen atoms in total. The molecule has 0 fully saturated rings. The molecule has 1 aromatic heterocycles. The molecule has 1 heterocycles. The summed E-state index contributed by atoms with van der Waals surface area (Å²) in [6, 6.07) is 11.8. The number of aromatic nitrogens is 2. The second kappa shape index (κ2) is 4.84. The number of nitrogens with zero attached hydrogens (tertiary/aromatic N) is 2. The minimum atomic E-state index is 0.718. The number of para-hydroxylation sites is 1. The summed E-state index contributed by atoms with van der Waals surface area (Å²) in [7, 11) is 0. The van der Waals surface area contributed by atoms with Crippen LogP contribution in [0.5, 0.6) is 0 Å². The van der Waals surface area contributed by atoms with Crippen LogP contribution in [0.4, 0.5) is 5.69 Å². The highest BCUT2D eigenvalue weighted by atomic mass is 35.5. The number of anilines is 1. The number of hydrogen-bond donors (Lipinski definition) is 1. The van der Waals surface area contributed by atoms with Crippen LogP contribution in [0.2, 0.25) is 5.02 Å². The van der Waals surface area contributed by atoms with Gasteiger partial charge in [-0.05, 0) is 43.7 Å². The lowest BCUT2D eigenvalue weighted by atomic mass is 10.1. The Hall–Kier alpha value is -2.00. The van der Waals surface area contributed by atoms with E-state index in [9.17, 15) is 0 Å². The van der Waals surface area contributed by atoms with Crippen LogP contribution in [0.1, 0.15) is 12.5 Å². The lowest BCUT2D eigenvalue weighted by Gasteiger charge is -2.10. The highest BCUT2D eigenvalue weighted by molar-refractivity contribution is 6.31. The quantitative estimate of drug-likeness (QED) is 0.715. The van der Waals surface area contributed by atoms with Crippen molar-refractivity contribution < 1.29 is 0 Å². The Labute approximate surface area is 123 Å². The summed E-state index contributed by atoms with van der Waals surface area (Å²) < 4.78 is 2.15. The zero-order valence-corrected chi connectivity index (χ0v) is 12.3. The minimum absolute atomic E-state index is 0.718. The van der Waals surface area contributed by atoms with Crippen molar-refractivity contribution in [3.63, 3.8) is 0 Å². The fraction of sp³-hybridized carbons (Fsp3) is 0.188. The molecule has 0 saturated carbocycles. The Bertz CT molecular complexity index is 790. The molecular formula is C16H16ClN3. The predicted octanol–water partition coefficient (Wildman–Crippen LogP) is 4.27. The van der Waals surface area contributed by atoms with Gasteiger partial charge in [-0.25, -0.2) is 4.98 Å². The van der Waals surface area contributed by atoms with Crippen LogP contribution in [0.3, 0.4) is 0 Å². The molecule has 0 amide bonds.